The van der Waals surface area contributed by atoms with Crippen LogP contribution in [0.25, 0.3) is 0 Å². The van der Waals surface area contributed by atoms with Gasteiger partial charge < -0.3 is 64.2 Å². The van der Waals surface area contributed by atoms with Gasteiger partial charge in [0, 0.05) is 12.8 Å². The van der Waals surface area contributed by atoms with E-state index in [1.54, 1.807) is 0 Å². The van der Waals surface area contributed by atoms with Gasteiger partial charge in [-0.25, -0.2) is 0 Å². The molecule has 0 aliphatic carbocycles. The summed E-state index contributed by atoms with van der Waals surface area (Å²) in [5.74, 6) is -0.948. The molecule has 11 atom stereocenters. The molecule has 15 nitrogen and oxygen atoms in total. The van der Waals surface area contributed by atoms with Gasteiger partial charge in [0.2, 0.25) is 0 Å². The first-order valence-electron chi connectivity index (χ1n) is 23.4. The second-order valence-electron chi connectivity index (χ2n) is 16.6. The highest BCUT2D eigenvalue weighted by atomic mass is 16.7. The van der Waals surface area contributed by atoms with Crippen LogP contribution in [0.2, 0.25) is 0 Å². The molecular weight excluding hydrogens is 792 g/mol. The number of carbonyl (C=O) groups is 2. The molecule has 2 saturated heterocycles. The molecule has 0 aromatic rings. The van der Waals surface area contributed by atoms with E-state index >= 15 is 0 Å². The first-order chi connectivity index (χ1) is 29.5. The highest BCUT2D eigenvalue weighted by Gasteiger charge is 2.47. The Labute approximate surface area is 364 Å². The summed E-state index contributed by atoms with van der Waals surface area (Å²) in [6, 6.07) is 0. The molecule has 15 heteroatoms. The molecule has 61 heavy (non-hydrogen) atoms. The van der Waals surface area contributed by atoms with Gasteiger partial charge >= 0.3 is 11.9 Å². The number of hydrogen-bond donors (Lipinski definition) is 7. The summed E-state index contributed by atoms with van der Waals surface area (Å²) in [6.45, 7) is 2.42. The molecule has 0 saturated carbocycles. The lowest BCUT2D eigenvalue weighted by Gasteiger charge is -2.42. The maximum absolute atomic E-state index is 12.9. The summed E-state index contributed by atoms with van der Waals surface area (Å²) in [4.78, 5) is 25.3. The molecule has 0 amide bonds. The Morgan fingerprint density at radius 2 is 0.984 bits per heavy atom. The van der Waals surface area contributed by atoms with Crippen LogP contribution in [0, 0.1) is 0 Å². The monoisotopic (exact) mass is 875 g/mol. The van der Waals surface area contributed by atoms with E-state index < -0.39 is 92.7 Å². The summed E-state index contributed by atoms with van der Waals surface area (Å²) >= 11 is 0. The lowest BCUT2D eigenvalue weighted by Crippen LogP contribution is -2.61. The SMILES string of the molecule is CCCCCCC/C=C\C/C=C\CCCCCCCCCCCC(=O)OC(COC(=O)CCCCCC)COC1OC(COC2OC(CO)C(O)C(O)C2O)C(O)C(O)C1O. The summed E-state index contributed by atoms with van der Waals surface area (Å²) in [5, 5.41) is 71.6. The third-order valence-electron chi connectivity index (χ3n) is 11.2. The van der Waals surface area contributed by atoms with E-state index in [-0.39, 0.29) is 26.1 Å². The Bertz CT molecular complexity index is 1170. The summed E-state index contributed by atoms with van der Waals surface area (Å²) in [7, 11) is 0. The molecular formula is C46H82O15. The Kier molecular flexibility index (Phi) is 31.1. The molecule has 2 fully saturated rings. The van der Waals surface area contributed by atoms with Gasteiger partial charge in [0.25, 0.3) is 0 Å². The first kappa shape index (κ1) is 55.1. The number of rotatable bonds is 35. The second kappa shape index (κ2) is 34.4. The van der Waals surface area contributed by atoms with Crippen LogP contribution in [0.1, 0.15) is 162 Å². The topological polar surface area (TPSA) is 231 Å². The lowest BCUT2D eigenvalue weighted by molar-refractivity contribution is -0.332. The van der Waals surface area contributed by atoms with E-state index in [2.05, 4.69) is 38.2 Å². The fourth-order valence-electron chi connectivity index (χ4n) is 7.25. The van der Waals surface area contributed by atoms with Gasteiger partial charge in [-0.15, -0.1) is 0 Å². The highest BCUT2D eigenvalue weighted by molar-refractivity contribution is 5.70. The van der Waals surface area contributed by atoms with Crippen molar-refractivity contribution in [3.63, 3.8) is 0 Å². The molecule has 11 unspecified atom stereocenters. The minimum absolute atomic E-state index is 0.161. The van der Waals surface area contributed by atoms with Crippen molar-refractivity contribution in [3.05, 3.63) is 24.3 Å². The number of aliphatic hydroxyl groups is 7. The van der Waals surface area contributed by atoms with Gasteiger partial charge in [-0.1, -0.05) is 128 Å². The smallest absolute Gasteiger partial charge is 0.306 e. The zero-order valence-corrected chi connectivity index (χ0v) is 37.1. The van der Waals surface area contributed by atoms with Gasteiger partial charge in [0.05, 0.1) is 19.8 Å². The van der Waals surface area contributed by atoms with Crippen LogP contribution in [0.4, 0.5) is 0 Å². The van der Waals surface area contributed by atoms with E-state index in [0.29, 0.717) is 12.8 Å². The molecule has 0 bridgehead atoms. The molecule has 2 heterocycles. The van der Waals surface area contributed by atoms with Crippen LogP contribution in [0.5, 0.6) is 0 Å². The van der Waals surface area contributed by atoms with Crippen molar-refractivity contribution < 1.29 is 73.8 Å². The molecule has 356 valence electrons. The van der Waals surface area contributed by atoms with E-state index in [4.69, 9.17) is 28.4 Å². The summed E-state index contributed by atoms with van der Waals surface area (Å²) in [6.07, 6.45) is 15.8. The van der Waals surface area contributed by atoms with Crippen LogP contribution in [-0.4, -0.2) is 142 Å². The maximum atomic E-state index is 12.9. The fourth-order valence-corrected chi connectivity index (χ4v) is 7.25. The maximum Gasteiger partial charge on any atom is 0.306 e. The van der Waals surface area contributed by atoms with E-state index in [1.807, 2.05) is 0 Å². The summed E-state index contributed by atoms with van der Waals surface area (Å²) in [5.41, 5.74) is 0. The molecule has 0 aromatic carbocycles. The van der Waals surface area contributed by atoms with Crippen LogP contribution in [0.15, 0.2) is 24.3 Å². The standard InChI is InChI=1S/C46H82O15/c1-3-5-7-9-10-11-12-13-14-15-16-17-18-19-20-21-22-23-24-25-27-29-38(49)59-34(31-56-37(48)28-26-8-6-4-2)32-57-45-44(55)42(53)40(51)36(61-45)33-58-46-43(54)41(52)39(50)35(30-47)60-46/h12-13,15-16,34-36,39-47,50-55H,3-11,14,17-33H2,1-2H3/b13-12-,16-15-. The average molecular weight is 875 g/mol. The average Bonchev–Trinajstić information content (AvgIpc) is 3.25. The third kappa shape index (κ3) is 23.5. The lowest BCUT2D eigenvalue weighted by atomic mass is 9.98. The molecule has 7 N–H and O–H groups in total. The molecule has 2 aliphatic heterocycles. The van der Waals surface area contributed by atoms with Crippen LogP contribution < -0.4 is 0 Å². The van der Waals surface area contributed by atoms with Gasteiger partial charge in [-0.2, -0.15) is 0 Å². The Balaban J connectivity index is 1.73. The molecule has 2 rings (SSSR count). The zero-order valence-electron chi connectivity index (χ0n) is 37.1. The number of ether oxygens (including phenoxy) is 6. The van der Waals surface area contributed by atoms with Crippen LogP contribution >= 0.6 is 0 Å². The number of allylic oxidation sites excluding steroid dienone is 4. The van der Waals surface area contributed by atoms with Crippen molar-refractivity contribution in [3.8, 4) is 0 Å². The quantitative estimate of drug-likeness (QED) is 0.0246. The van der Waals surface area contributed by atoms with E-state index in [9.17, 15) is 45.3 Å². The zero-order chi connectivity index (χ0) is 44.7. The van der Waals surface area contributed by atoms with Crippen molar-refractivity contribution in [1.82, 2.24) is 0 Å². The van der Waals surface area contributed by atoms with Gasteiger partial charge in [-0.05, 0) is 44.9 Å². The van der Waals surface area contributed by atoms with Crippen LogP contribution in [-0.2, 0) is 38.0 Å². The van der Waals surface area contributed by atoms with Gasteiger partial charge in [-0.3, -0.25) is 9.59 Å². The first-order valence-corrected chi connectivity index (χ1v) is 23.4. The Hall–Kier alpha value is -2.02. The van der Waals surface area contributed by atoms with Crippen molar-refractivity contribution in [2.45, 2.75) is 229 Å². The van der Waals surface area contributed by atoms with Crippen molar-refractivity contribution in [2.75, 3.05) is 26.4 Å². The minimum atomic E-state index is -1.76. The number of hydrogen-bond acceptors (Lipinski definition) is 15. The van der Waals surface area contributed by atoms with Gasteiger partial charge in [0.1, 0.15) is 55.4 Å². The van der Waals surface area contributed by atoms with Crippen molar-refractivity contribution >= 4 is 11.9 Å². The number of aliphatic hydroxyl groups excluding tert-OH is 7. The highest BCUT2D eigenvalue weighted by Crippen LogP contribution is 2.26. The molecule has 0 aromatic heterocycles. The molecule has 0 radical (unpaired) electrons. The largest absolute Gasteiger partial charge is 0.462 e. The molecule has 2 aliphatic rings. The molecule has 0 spiro atoms. The Morgan fingerprint density at radius 1 is 0.525 bits per heavy atom. The van der Waals surface area contributed by atoms with E-state index in [1.165, 1.54) is 64.2 Å². The van der Waals surface area contributed by atoms with Gasteiger partial charge in [0.15, 0.2) is 18.7 Å². The Morgan fingerprint density at radius 3 is 1.54 bits per heavy atom. The number of unbranched alkanes of at least 4 members (excludes halogenated alkanes) is 17. The second-order valence-corrected chi connectivity index (χ2v) is 16.6. The van der Waals surface area contributed by atoms with Crippen molar-refractivity contribution in [1.29, 1.82) is 0 Å². The number of esters is 2. The third-order valence-corrected chi connectivity index (χ3v) is 11.2. The van der Waals surface area contributed by atoms with Crippen molar-refractivity contribution in [2.24, 2.45) is 0 Å². The summed E-state index contributed by atoms with van der Waals surface area (Å²) < 4.78 is 33.2. The van der Waals surface area contributed by atoms with E-state index in [0.717, 1.165) is 57.8 Å². The minimum Gasteiger partial charge on any atom is -0.462 e. The number of carbonyl (C=O) groups excluding carboxylic acids is 2. The normalized spacial score (nSPS) is 27.5. The van der Waals surface area contributed by atoms with Crippen LogP contribution in [0.3, 0.4) is 0 Å². The predicted molar refractivity (Wildman–Crippen MR) is 229 cm³/mol. The predicted octanol–water partition coefficient (Wildman–Crippen LogP) is 5.21. The fraction of sp³-hybridized carbons (Fsp3) is 0.870.